The summed E-state index contributed by atoms with van der Waals surface area (Å²) in [6.07, 6.45) is 26.8. The van der Waals surface area contributed by atoms with E-state index in [-0.39, 0.29) is 31.1 Å². The lowest BCUT2D eigenvalue weighted by Crippen LogP contribution is -2.30. The summed E-state index contributed by atoms with van der Waals surface area (Å²) in [5.41, 5.74) is 0. The van der Waals surface area contributed by atoms with E-state index in [0.717, 1.165) is 57.8 Å². The first-order valence-electron chi connectivity index (χ1n) is 17.5. The van der Waals surface area contributed by atoms with Crippen molar-refractivity contribution in [3.05, 3.63) is 0 Å². The molecule has 0 aromatic rings. The lowest BCUT2D eigenvalue weighted by atomic mass is 10.1. The van der Waals surface area contributed by atoms with E-state index in [0.29, 0.717) is 19.3 Å². The van der Waals surface area contributed by atoms with Crippen LogP contribution < -0.4 is 0 Å². The topological polar surface area (TPSA) is 78.9 Å². The summed E-state index contributed by atoms with van der Waals surface area (Å²) in [5, 5.41) is 0. The number of ether oxygens (including phenoxy) is 3. The zero-order chi connectivity index (χ0) is 30.2. The minimum Gasteiger partial charge on any atom is -0.462 e. The molecule has 0 unspecified atom stereocenters. The van der Waals surface area contributed by atoms with Crippen LogP contribution >= 0.6 is 0 Å². The molecule has 0 amide bonds. The van der Waals surface area contributed by atoms with Crippen LogP contribution in [0.15, 0.2) is 0 Å². The fourth-order valence-electron chi connectivity index (χ4n) is 4.91. The van der Waals surface area contributed by atoms with Gasteiger partial charge in [0.25, 0.3) is 0 Å². The Morgan fingerprint density at radius 1 is 0.390 bits per heavy atom. The van der Waals surface area contributed by atoms with Crippen LogP contribution in [0.5, 0.6) is 0 Å². The Hall–Kier alpha value is -1.59. The molecule has 1 atom stereocenters. The first kappa shape index (κ1) is 39.4. The standard InChI is InChI=1S/C35H66O6/c1-4-7-10-13-16-17-20-22-25-28-34(37)40-31-32(41-35(38)29-26-23-19-15-12-9-6-3)30-39-33(36)27-24-21-18-14-11-8-5-2/h32H,4-31H2,1-3H3/t32-/m0/s1. The molecule has 242 valence electrons. The zero-order valence-corrected chi connectivity index (χ0v) is 27.3. The number of carbonyl (C=O) groups excluding carboxylic acids is 3. The maximum atomic E-state index is 12.4. The second kappa shape index (κ2) is 31.3. The zero-order valence-electron chi connectivity index (χ0n) is 27.3. The van der Waals surface area contributed by atoms with E-state index >= 15 is 0 Å². The number of hydrogen-bond donors (Lipinski definition) is 0. The van der Waals surface area contributed by atoms with Gasteiger partial charge in [-0.15, -0.1) is 0 Å². The molecule has 0 fully saturated rings. The van der Waals surface area contributed by atoms with E-state index in [1.165, 1.54) is 89.9 Å². The van der Waals surface area contributed by atoms with E-state index in [1.807, 2.05) is 0 Å². The number of unbranched alkanes of at least 4 members (excludes halogenated alkanes) is 20. The highest BCUT2D eigenvalue weighted by molar-refractivity contribution is 5.71. The van der Waals surface area contributed by atoms with Crippen molar-refractivity contribution in [2.75, 3.05) is 13.2 Å². The monoisotopic (exact) mass is 582 g/mol. The summed E-state index contributed by atoms with van der Waals surface area (Å²) >= 11 is 0. The largest absolute Gasteiger partial charge is 0.462 e. The molecule has 0 spiro atoms. The average Bonchev–Trinajstić information content (AvgIpc) is 2.96. The van der Waals surface area contributed by atoms with Gasteiger partial charge in [-0.2, -0.15) is 0 Å². The first-order chi connectivity index (χ1) is 20.0. The molecule has 0 radical (unpaired) electrons. The molecule has 0 aromatic heterocycles. The fraction of sp³-hybridized carbons (Fsp3) is 0.914. The van der Waals surface area contributed by atoms with Crippen molar-refractivity contribution >= 4 is 17.9 Å². The van der Waals surface area contributed by atoms with E-state index in [9.17, 15) is 14.4 Å². The third-order valence-corrected chi connectivity index (χ3v) is 7.61. The Kier molecular flexibility index (Phi) is 30.1. The van der Waals surface area contributed by atoms with Crippen molar-refractivity contribution in [1.82, 2.24) is 0 Å². The van der Waals surface area contributed by atoms with Gasteiger partial charge in [-0.25, -0.2) is 0 Å². The van der Waals surface area contributed by atoms with Gasteiger partial charge in [-0.3, -0.25) is 14.4 Å². The highest BCUT2D eigenvalue weighted by Crippen LogP contribution is 2.13. The highest BCUT2D eigenvalue weighted by atomic mass is 16.6. The van der Waals surface area contributed by atoms with Crippen LogP contribution in [0.25, 0.3) is 0 Å². The van der Waals surface area contributed by atoms with Gasteiger partial charge >= 0.3 is 17.9 Å². The highest BCUT2D eigenvalue weighted by Gasteiger charge is 2.19. The molecule has 0 aliphatic rings. The summed E-state index contributed by atoms with van der Waals surface area (Å²) in [5.74, 6) is -0.884. The van der Waals surface area contributed by atoms with E-state index in [4.69, 9.17) is 14.2 Å². The molecule has 0 heterocycles. The SMILES string of the molecule is CCCCCCCCCCCC(=O)OC[C@H](COC(=O)CCCCCCCCC)OC(=O)CCCCCCCCC. The summed E-state index contributed by atoms with van der Waals surface area (Å²) in [6, 6.07) is 0. The van der Waals surface area contributed by atoms with Gasteiger partial charge in [0.05, 0.1) is 0 Å². The second-order valence-electron chi connectivity index (χ2n) is 11.8. The van der Waals surface area contributed by atoms with Crippen molar-refractivity contribution in [3.8, 4) is 0 Å². The first-order valence-corrected chi connectivity index (χ1v) is 17.5. The van der Waals surface area contributed by atoms with Crippen molar-refractivity contribution in [1.29, 1.82) is 0 Å². The van der Waals surface area contributed by atoms with E-state index < -0.39 is 6.10 Å². The van der Waals surface area contributed by atoms with Crippen LogP contribution in [0.2, 0.25) is 0 Å². The van der Waals surface area contributed by atoms with Gasteiger partial charge in [-0.05, 0) is 19.3 Å². The summed E-state index contributed by atoms with van der Waals surface area (Å²) in [7, 11) is 0. The van der Waals surface area contributed by atoms with Crippen molar-refractivity contribution in [3.63, 3.8) is 0 Å². The molecule has 0 bridgehead atoms. The average molecular weight is 583 g/mol. The van der Waals surface area contributed by atoms with Gasteiger partial charge in [0.2, 0.25) is 0 Å². The number of rotatable bonds is 31. The van der Waals surface area contributed by atoms with Crippen molar-refractivity contribution < 1.29 is 28.6 Å². The van der Waals surface area contributed by atoms with Crippen LogP contribution in [0.3, 0.4) is 0 Å². The van der Waals surface area contributed by atoms with Crippen LogP contribution in [0.4, 0.5) is 0 Å². The van der Waals surface area contributed by atoms with Crippen molar-refractivity contribution in [2.45, 2.75) is 194 Å². The molecule has 6 nitrogen and oxygen atoms in total. The Morgan fingerprint density at radius 3 is 0.976 bits per heavy atom. The molecule has 0 aromatic carbocycles. The lowest BCUT2D eigenvalue weighted by molar-refractivity contribution is -0.167. The number of esters is 3. The van der Waals surface area contributed by atoms with Gasteiger partial charge in [0.1, 0.15) is 13.2 Å². The molecule has 6 heteroatoms. The predicted molar refractivity (Wildman–Crippen MR) is 169 cm³/mol. The van der Waals surface area contributed by atoms with Crippen LogP contribution in [-0.2, 0) is 28.6 Å². The van der Waals surface area contributed by atoms with E-state index in [1.54, 1.807) is 0 Å². The Bertz CT molecular complexity index is 605. The Balaban J connectivity index is 4.34. The van der Waals surface area contributed by atoms with Crippen LogP contribution in [0.1, 0.15) is 188 Å². The molecule has 41 heavy (non-hydrogen) atoms. The molecular weight excluding hydrogens is 516 g/mol. The number of hydrogen-bond acceptors (Lipinski definition) is 6. The summed E-state index contributed by atoms with van der Waals surface area (Å²) in [4.78, 5) is 37.0. The fourth-order valence-corrected chi connectivity index (χ4v) is 4.91. The smallest absolute Gasteiger partial charge is 0.306 e. The van der Waals surface area contributed by atoms with Gasteiger partial charge in [0.15, 0.2) is 6.10 Å². The normalized spacial score (nSPS) is 11.8. The molecule has 0 saturated heterocycles. The third-order valence-electron chi connectivity index (χ3n) is 7.61. The molecular formula is C35H66O6. The second-order valence-corrected chi connectivity index (χ2v) is 11.8. The predicted octanol–water partition coefficient (Wildman–Crippen LogP) is 10.2. The number of carbonyl (C=O) groups is 3. The maximum Gasteiger partial charge on any atom is 0.306 e. The summed E-state index contributed by atoms with van der Waals surface area (Å²) in [6.45, 7) is 6.50. The minimum atomic E-state index is -0.753. The van der Waals surface area contributed by atoms with Crippen LogP contribution in [0, 0.1) is 0 Å². The van der Waals surface area contributed by atoms with Crippen LogP contribution in [-0.4, -0.2) is 37.2 Å². The summed E-state index contributed by atoms with van der Waals surface area (Å²) < 4.78 is 16.4. The van der Waals surface area contributed by atoms with Gasteiger partial charge in [0, 0.05) is 19.3 Å². The molecule has 0 aliphatic carbocycles. The van der Waals surface area contributed by atoms with E-state index in [2.05, 4.69) is 20.8 Å². The molecule has 0 aliphatic heterocycles. The maximum absolute atomic E-state index is 12.4. The quantitative estimate of drug-likeness (QED) is 0.0459. The third kappa shape index (κ3) is 29.7. The van der Waals surface area contributed by atoms with Crippen molar-refractivity contribution in [2.24, 2.45) is 0 Å². The Morgan fingerprint density at radius 2 is 0.659 bits per heavy atom. The lowest BCUT2D eigenvalue weighted by Gasteiger charge is -2.18. The molecule has 0 N–H and O–H groups in total. The minimum absolute atomic E-state index is 0.0657. The van der Waals surface area contributed by atoms with Gasteiger partial charge in [-0.1, -0.05) is 149 Å². The molecule has 0 saturated carbocycles. The Labute approximate surface area is 253 Å². The van der Waals surface area contributed by atoms with Gasteiger partial charge < -0.3 is 14.2 Å². The molecule has 0 rings (SSSR count).